The number of methoxy groups -OCH3 is 1. The van der Waals surface area contributed by atoms with E-state index in [0.717, 1.165) is 31.9 Å². The molecule has 1 aromatic heterocycles. The van der Waals surface area contributed by atoms with Crippen LogP contribution in [0, 0.1) is 28.4 Å². The number of nitro groups is 1. The molecule has 1 aliphatic rings. The first-order valence-corrected chi connectivity index (χ1v) is 10.9. The van der Waals surface area contributed by atoms with Crippen molar-refractivity contribution >= 4 is 23.5 Å². The number of amides is 1. The standard InChI is InChI=1S/C23H27N7O5/c1-16-10-18(15-35-3)20(12-24)23(32)29(16)14-22(31)26-25-13-17-11-19(30(33)34)4-5-21(17)28-8-6-27(2)7-9-28/h4-5,10-11,13H,6-9,14-15H2,1-3H3,(H,26,31)/b25-13+. The summed E-state index contributed by atoms with van der Waals surface area (Å²) in [5.41, 5.74) is 3.83. The lowest BCUT2D eigenvalue weighted by Crippen LogP contribution is -2.44. The lowest BCUT2D eigenvalue weighted by atomic mass is 10.1. The molecule has 184 valence electrons. The van der Waals surface area contributed by atoms with Gasteiger partial charge >= 0.3 is 0 Å². The Morgan fingerprint density at radius 2 is 2.03 bits per heavy atom. The van der Waals surface area contributed by atoms with Gasteiger partial charge in [-0.1, -0.05) is 0 Å². The summed E-state index contributed by atoms with van der Waals surface area (Å²) in [5.74, 6) is -0.582. The smallest absolute Gasteiger partial charge is 0.270 e. The summed E-state index contributed by atoms with van der Waals surface area (Å²) < 4.78 is 6.22. The number of hydrazone groups is 1. The van der Waals surface area contributed by atoms with Crippen LogP contribution in [0.5, 0.6) is 0 Å². The van der Waals surface area contributed by atoms with E-state index in [-0.39, 0.29) is 24.4 Å². The predicted octanol–water partition coefficient (Wildman–Crippen LogP) is 0.985. The number of likely N-dealkylation sites (N-methyl/N-ethyl adjacent to an activating group) is 1. The maximum Gasteiger partial charge on any atom is 0.270 e. The minimum atomic E-state index is -0.588. The fourth-order valence-corrected chi connectivity index (χ4v) is 3.87. The van der Waals surface area contributed by atoms with E-state index in [2.05, 4.69) is 20.3 Å². The van der Waals surface area contributed by atoms with Crippen molar-refractivity contribution in [3.8, 4) is 6.07 Å². The molecular weight excluding hydrogens is 454 g/mol. The zero-order valence-corrected chi connectivity index (χ0v) is 19.9. The molecule has 0 bridgehead atoms. The molecule has 1 saturated heterocycles. The molecule has 3 rings (SSSR count). The van der Waals surface area contributed by atoms with Crippen molar-refractivity contribution in [3.63, 3.8) is 0 Å². The quantitative estimate of drug-likeness (QED) is 0.334. The van der Waals surface area contributed by atoms with Crippen molar-refractivity contribution in [1.82, 2.24) is 14.9 Å². The number of pyridine rings is 1. The average Bonchev–Trinajstić information content (AvgIpc) is 2.82. The Balaban J connectivity index is 1.79. The number of piperazine rings is 1. The molecule has 1 N–H and O–H groups in total. The van der Waals surface area contributed by atoms with Gasteiger partial charge in [0.05, 0.1) is 17.7 Å². The van der Waals surface area contributed by atoms with Gasteiger partial charge in [0.1, 0.15) is 18.2 Å². The Hall–Kier alpha value is -4.08. The van der Waals surface area contributed by atoms with E-state index in [1.54, 1.807) is 19.1 Å². The van der Waals surface area contributed by atoms with Crippen LogP contribution < -0.4 is 15.9 Å². The fourth-order valence-electron chi connectivity index (χ4n) is 3.87. The number of nitrogens with one attached hydrogen (secondary N) is 1. The Labute approximate surface area is 202 Å². The van der Waals surface area contributed by atoms with Crippen LogP contribution in [0.3, 0.4) is 0 Å². The largest absolute Gasteiger partial charge is 0.380 e. The number of nitro benzene ring substituents is 1. The number of anilines is 1. The van der Waals surface area contributed by atoms with E-state index in [1.807, 2.05) is 13.1 Å². The summed E-state index contributed by atoms with van der Waals surface area (Å²) >= 11 is 0. The molecule has 0 atom stereocenters. The van der Waals surface area contributed by atoms with Crippen molar-refractivity contribution in [2.24, 2.45) is 5.10 Å². The van der Waals surface area contributed by atoms with Crippen LogP contribution in [0.2, 0.25) is 0 Å². The molecule has 2 heterocycles. The SMILES string of the molecule is COCc1cc(C)n(CC(=O)N/N=C/c2cc([N+](=O)[O-])ccc2N2CCN(C)CC2)c(=O)c1C#N. The predicted molar refractivity (Wildman–Crippen MR) is 129 cm³/mol. The Morgan fingerprint density at radius 3 is 2.66 bits per heavy atom. The Morgan fingerprint density at radius 1 is 1.31 bits per heavy atom. The van der Waals surface area contributed by atoms with Crippen molar-refractivity contribution in [2.75, 3.05) is 45.2 Å². The van der Waals surface area contributed by atoms with E-state index < -0.39 is 16.4 Å². The molecule has 1 aliphatic heterocycles. The summed E-state index contributed by atoms with van der Waals surface area (Å²) in [7, 11) is 3.49. The van der Waals surface area contributed by atoms with Crippen LogP contribution in [0.1, 0.15) is 22.4 Å². The van der Waals surface area contributed by atoms with Crippen LogP contribution >= 0.6 is 0 Å². The van der Waals surface area contributed by atoms with Gasteiger partial charge in [-0.2, -0.15) is 10.4 Å². The number of carbonyl (C=O) groups excluding carboxylic acids is 1. The highest BCUT2D eigenvalue weighted by molar-refractivity contribution is 5.90. The third-order valence-corrected chi connectivity index (χ3v) is 5.76. The lowest BCUT2D eigenvalue weighted by molar-refractivity contribution is -0.384. The van der Waals surface area contributed by atoms with Gasteiger partial charge in [-0.15, -0.1) is 0 Å². The van der Waals surface area contributed by atoms with Gasteiger partial charge in [-0.05, 0) is 26.1 Å². The number of benzene rings is 1. The first kappa shape index (κ1) is 25.5. The summed E-state index contributed by atoms with van der Waals surface area (Å²) in [6.45, 7) is 4.63. The number of ether oxygens (including phenoxy) is 1. The third-order valence-electron chi connectivity index (χ3n) is 5.76. The number of nitriles is 1. The highest BCUT2D eigenvalue weighted by atomic mass is 16.6. The molecule has 2 aromatic rings. The fraction of sp³-hybridized carbons (Fsp3) is 0.391. The monoisotopic (exact) mass is 481 g/mol. The number of hydrogen-bond acceptors (Lipinski definition) is 9. The summed E-state index contributed by atoms with van der Waals surface area (Å²) in [4.78, 5) is 40.3. The zero-order chi connectivity index (χ0) is 25.5. The van der Waals surface area contributed by atoms with E-state index in [9.17, 15) is 25.0 Å². The van der Waals surface area contributed by atoms with Crippen LogP contribution in [-0.2, 0) is 22.7 Å². The van der Waals surface area contributed by atoms with E-state index in [4.69, 9.17) is 4.74 Å². The second kappa shape index (κ2) is 11.4. The van der Waals surface area contributed by atoms with E-state index in [0.29, 0.717) is 16.8 Å². The van der Waals surface area contributed by atoms with Crippen molar-refractivity contribution < 1.29 is 14.5 Å². The first-order chi connectivity index (χ1) is 16.7. The Kier molecular flexibility index (Phi) is 8.30. The average molecular weight is 482 g/mol. The molecule has 1 fully saturated rings. The van der Waals surface area contributed by atoms with Gasteiger partial charge < -0.3 is 19.1 Å². The normalized spacial score (nSPS) is 14.2. The second-order valence-corrected chi connectivity index (χ2v) is 8.21. The van der Waals surface area contributed by atoms with Crippen molar-refractivity contribution in [2.45, 2.75) is 20.1 Å². The Bertz CT molecular complexity index is 1240. The van der Waals surface area contributed by atoms with Crippen molar-refractivity contribution in [1.29, 1.82) is 5.26 Å². The highest BCUT2D eigenvalue weighted by Gasteiger charge is 2.19. The summed E-state index contributed by atoms with van der Waals surface area (Å²) in [5, 5.41) is 24.6. The molecular formula is C23H27N7O5. The number of aryl methyl sites for hydroxylation is 1. The number of nitrogens with zero attached hydrogens (tertiary/aromatic N) is 6. The maximum atomic E-state index is 12.7. The van der Waals surface area contributed by atoms with Gasteiger partial charge in [0.2, 0.25) is 0 Å². The zero-order valence-electron chi connectivity index (χ0n) is 19.9. The minimum absolute atomic E-state index is 0.0813. The summed E-state index contributed by atoms with van der Waals surface area (Å²) in [6, 6.07) is 8.03. The second-order valence-electron chi connectivity index (χ2n) is 8.21. The van der Waals surface area contributed by atoms with Gasteiger partial charge in [0, 0.05) is 67.9 Å². The molecule has 35 heavy (non-hydrogen) atoms. The topological polar surface area (TPSA) is 146 Å². The van der Waals surface area contributed by atoms with Crippen molar-refractivity contribution in [3.05, 3.63) is 67.1 Å². The molecule has 1 aromatic carbocycles. The highest BCUT2D eigenvalue weighted by Crippen LogP contribution is 2.25. The molecule has 1 amide bonds. The summed E-state index contributed by atoms with van der Waals surface area (Å²) in [6.07, 6.45) is 1.36. The molecule has 0 radical (unpaired) electrons. The van der Waals surface area contributed by atoms with Crippen LogP contribution in [0.4, 0.5) is 11.4 Å². The van der Waals surface area contributed by atoms with Crippen LogP contribution in [0.15, 0.2) is 34.2 Å². The number of hydrogen-bond donors (Lipinski definition) is 1. The number of aromatic nitrogens is 1. The first-order valence-electron chi connectivity index (χ1n) is 10.9. The van der Waals surface area contributed by atoms with E-state index in [1.165, 1.54) is 30.0 Å². The van der Waals surface area contributed by atoms with Crippen LogP contribution in [-0.4, -0.2) is 66.8 Å². The van der Waals surface area contributed by atoms with Gasteiger partial charge in [0.15, 0.2) is 0 Å². The molecule has 12 nitrogen and oxygen atoms in total. The molecule has 0 spiro atoms. The maximum absolute atomic E-state index is 12.7. The molecule has 0 unspecified atom stereocenters. The molecule has 0 saturated carbocycles. The van der Waals surface area contributed by atoms with E-state index >= 15 is 0 Å². The van der Waals surface area contributed by atoms with Gasteiger partial charge in [-0.3, -0.25) is 19.7 Å². The molecule has 12 heteroatoms. The number of non-ortho nitro benzene ring substituents is 1. The molecule has 0 aliphatic carbocycles. The van der Waals surface area contributed by atoms with Gasteiger partial charge in [0.25, 0.3) is 17.2 Å². The van der Waals surface area contributed by atoms with Gasteiger partial charge in [-0.25, -0.2) is 5.43 Å². The van der Waals surface area contributed by atoms with Crippen LogP contribution in [0.25, 0.3) is 0 Å². The minimum Gasteiger partial charge on any atom is -0.380 e. The number of carbonyl (C=O) groups is 1. The lowest BCUT2D eigenvalue weighted by Gasteiger charge is -2.34. The number of rotatable bonds is 8. The third kappa shape index (κ3) is 6.08.